The van der Waals surface area contributed by atoms with E-state index in [0.717, 1.165) is 6.07 Å². The average molecular weight is 667 g/mol. The van der Waals surface area contributed by atoms with Gasteiger partial charge < -0.3 is 0 Å². The van der Waals surface area contributed by atoms with Crippen LogP contribution in [0.2, 0.25) is 0 Å². The summed E-state index contributed by atoms with van der Waals surface area (Å²) in [5.74, 6) is 0. The van der Waals surface area contributed by atoms with Gasteiger partial charge in [-0.1, -0.05) is 12.1 Å². The molecule has 50 heavy (non-hydrogen) atoms. The summed E-state index contributed by atoms with van der Waals surface area (Å²) in [5, 5.41) is 80.3. The average Bonchev–Trinajstić information content (AvgIpc) is 3.60. The van der Waals surface area contributed by atoms with Crippen LogP contribution in [0.15, 0.2) is 59.7 Å². The first kappa shape index (κ1) is 33.5. The van der Waals surface area contributed by atoms with Gasteiger partial charge in [0.1, 0.15) is 53.6 Å². The van der Waals surface area contributed by atoms with Crippen LogP contribution in [0.1, 0.15) is 55.6 Å². The van der Waals surface area contributed by atoms with Gasteiger partial charge in [0, 0.05) is 39.0 Å². The quantitative estimate of drug-likeness (QED) is 0.194. The highest BCUT2D eigenvalue weighted by Gasteiger charge is 2.42. The fraction of sp³-hybridized carbons (Fsp3) is 0.0556. The van der Waals surface area contributed by atoms with Gasteiger partial charge in [0.25, 0.3) is 0 Å². The van der Waals surface area contributed by atoms with Gasteiger partial charge in [0.15, 0.2) is 0 Å². The Morgan fingerprint density at radius 2 is 0.980 bits per heavy atom. The van der Waals surface area contributed by atoms with Gasteiger partial charge in [-0.15, -0.1) is 0 Å². The van der Waals surface area contributed by atoms with E-state index in [9.17, 15) is 68.4 Å². The van der Waals surface area contributed by atoms with Crippen LogP contribution < -0.4 is 0 Å². The van der Waals surface area contributed by atoms with Crippen LogP contribution in [0.3, 0.4) is 0 Å². The molecule has 0 unspecified atom stereocenters. The molecule has 0 fully saturated rings. The van der Waals surface area contributed by atoms with Crippen molar-refractivity contribution in [3.05, 3.63) is 115 Å². The molecule has 0 saturated carbocycles. The van der Waals surface area contributed by atoms with Crippen molar-refractivity contribution in [2.45, 2.75) is 12.4 Å². The number of nitrogens with zero attached hydrogens (tertiary/aromatic N) is 8. The third kappa shape index (κ3) is 5.06. The molecule has 0 aliphatic heterocycles. The molecule has 0 saturated heterocycles. The van der Waals surface area contributed by atoms with Gasteiger partial charge >= 0.3 is 12.4 Å². The van der Waals surface area contributed by atoms with Crippen molar-refractivity contribution < 1.29 is 26.3 Å². The Hall–Kier alpha value is -7.88. The number of allylic oxidation sites excluding steroid dienone is 8. The van der Waals surface area contributed by atoms with Crippen molar-refractivity contribution in [2.24, 2.45) is 0 Å². The van der Waals surface area contributed by atoms with Gasteiger partial charge in [0.05, 0.1) is 39.5 Å². The lowest BCUT2D eigenvalue weighted by atomic mass is 9.86. The Balaban J connectivity index is 2.02. The van der Waals surface area contributed by atoms with Crippen molar-refractivity contribution in [3.63, 3.8) is 0 Å². The summed E-state index contributed by atoms with van der Waals surface area (Å²) in [5.41, 5.74) is -9.55. The number of nitriles is 8. The number of benzene rings is 3. The van der Waals surface area contributed by atoms with E-state index in [1.165, 1.54) is 36.4 Å². The zero-order chi connectivity index (χ0) is 36.7. The number of alkyl halides is 6. The van der Waals surface area contributed by atoms with E-state index in [1.54, 1.807) is 18.2 Å². The highest BCUT2D eigenvalue weighted by atomic mass is 19.4. The van der Waals surface area contributed by atoms with E-state index in [4.69, 9.17) is 0 Å². The van der Waals surface area contributed by atoms with Crippen molar-refractivity contribution in [1.82, 2.24) is 0 Å². The summed E-state index contributed by atoms with van der Waals surface area (Å²) in [6.45, 7) is 0. The molecule has 0 radical (unpaired) electrons. The Morgan fingerprint density at radius 1 is 0.480 bits per heavy atom. The van der Waals surface area contributed by atoms with Crippen LogP contribution in [0.4, 0.5) is 26.3 Å². The highest BCUT2D eigenvalue weighted by molar-refractivity contribution is 6.31. The van der Waals surface area contributed by atoms with E-state index in [-0.39, 0.29) is 50.6 Å². The van der Waals surface area contributed by atoms with Gasteiger partial charge in [-0.2, -0.15) is 68.4 Å². The molecule has 0 amide bonds. The molecular formula is C36H8F6N8. The van der Waals surface area contributed by atoms with Crippen molar-refractivity contribution in [2.75, 3.05) is 0 Å². The minimum absolute atomic E-state index is 0.0352. The standard InChI is InChI=1S/C36H8F6N8/c37-35(38,39)22-5-19(6-23(7-22)36(40,41)42)30-27(15-49)33-25(31(30)20(10-44)11-45)8-24-26(14-48)29(18-3-1-17(9-43)2-4-18)32(21(12-46)13-47)34(24)28(33)16-50/h1-8H. The first-order chi connectivity index (χ1) is 23.7. The van der Waals surface area contributed by atoms with E-state index in [0.29, 0.717) is 12.1 Å². The molecule has 0 atom stereocenters. The van der Waals surface area contributed by atoms with Crippen LogP contribution in [-0.4, -0.2) is 0 Å². The number of hydrogen-bond donors (Lipinski definition) is 0. The molecule has 234 valence electrons. The summed E-state index contributed by atoms with van der Waals surface area (Å²) in [6, 6.07) is 21.0. The molecular weight excluding hydrogens is 658 g/mol. The maximum atomic E-state index is 13.9. The zero-order valence-electron chi connectivity index (χ0n) is 24.5. The van der Waals surface area contributed by atoms with E-state index >= 15 is 0 Å². The molecule has 2 aliphatic carbocycles. The Kier molecular flexibility index (Phi) is 8.07. The maximum Gasteiger partial charge on any atom is 0.416 e. The third-order valence-corrected chi connectivity index (χ3v) is 7.83. The molecule has 0 N–H and O–H groups in total. The molecule has 3 aromatic carbocycles. The number of fused-ring (bicyclic) bond motifs is 2. The first-order valence-electron chi connectivity index (χ1n) is 13.6. The third-order valence-electron chi connectivity index (χ3n) is 7.83. The summed E-state index contributed by atoms with van der Waals surface area (Å²) < 4.78 is 83.4. The van der Waals surface area contributed by atoms with Gasteiger partial charge in [0.2, 0.25) is 0 Å². The molecule has 5 rings (SSSR count). The molecule has 8 nitrogen and oxygen atoms in total. The van der Waals surface area contributed by atoms with Crippen molar-refractivity contribution in [1.29, 1.82) is 42.1 Å². The summed E-state index contributed by atoms with van der Waals surface area (Å²) in [4.78, 5) is 0. The van der Waals surface area contributed by atoms with Crippen LogP contribution in [-0.2, 0) is 12.4 Å². The number of hydrogen-bond acceptors (Lipinski definition) is 8. The second-order valence-corrected chi connectivity index (χ2v) is 10.4. The normalized spacial score (nSPS) is 13.0. The predicted molar refractivity (Wildman–Crippen MR) is 160 cm³/mol. The molecule has 0 heterocycles. The van der Waals surface area contributed by atoms with Crippen molar-refractivity contribution >= 4 is 33.4 Å². The van der Waals surface area contributed by atoms with Gasteiger partial charge in [-0.25, -0.2) is 0 Å². The topological polar surface area (TPSA) is 190 Å². The summed E-state index contributed by atoms with van der Waals surface area (Å²) in [7, 11) is 0. The fourth-order valence-electron chi connectivity index (χ4n) is 5.88. The maximum absolute atomic E-state index is 13.9. The van der Waals surface area contributed by atoms with Crippen LogP contribution in [0.5, 0.6) is 0 Å². The minimum atomic E-state index is -5.32. The molecule has 3 aromatic rings. The molecule has 14 heteroatoms. The molecule has 2 aliphatic rings. The fourth-order valence-corrected chi connectivity index (χ4v) is 5.88. The predicted octanol–water partition coefficient (Wildman–Crippen LogP) is 7.97. The first-order valence-corrected chi connectivity index (χ1v) is 13.6. The number of rotatable bonds is 2. The van der Waals surface area contributed by atoms with Crippen molar-refractivity contribution in [3.8, 4) is 48.6 Å². The largest absolute Gasteiger partial charge is 0.416 e. The lowest BCUT2D eigenvalue weighted by Crippen LogP contribution is -2.12. The Bertz CT molecular complexity index is 2510. The van der Waals surface area contributed by atoms with Crippen LogP contribution in [0.25, 0.3) is 33.4 Å². The summed E-state index contributed by atoms with van der Waals surface area (Å²) >= 11 is 0. The Morgan fingerprint density at radius 3 is 1.42 bits per heavy atom. The second-order valence-electron chi connectivity index (χ2n) is 10.4. The molecule has 0 spiro atoms. The Labute approximate surface area is 277 Å². The molecule has 0 bridgehead atoms. The minimum Gasteiger partial charge on any atom is -0.192 e. The summed E-state index contributed by atoms with van der Waals surface area (Å²) in [6.07, 6.45) is -10.6. The number of halogens is 6. The SMILES string of the molecule is N#CC(C#N)=C1C(c2cc(C(F)(F)F)cc(C(F)(F)F)c2)=C(C#N)c2c1cc1c(c2C#N)C(=C(C#N)C#N)C(c2ccc(C#N)cc2)=C1C#N. The van der Waals surface area contributed by atoms with E-state index in [2.05, 4.69) is 0 Å². The van der Waals surface area contributed by atoms with E-state index in [1.807, 2.05) is 18.2 Å². The molecule has 0 aromatic heterocycles. The second kappa shape index (κ2) is 12.0. The smallest absolute Gasteiger partial charge is 0.192 e. The lowest BCUT2D eigenvalue weighted by Gasteiger charge is -2.16. The monoisotopic (exact) mass is 666 g/mol. The van der Waals surface area contributed by atoms with Gasteiger partial charge in [-0.3, -0.25) is 0 Å². The lowest BCUT2D eigenvalue weighted by molar-refractivity contribution is -0.143. The zero-order valence-corrected chi connectivity index (χ0v) is 24.5. The van der Waals surface area contributed by atoms with Gasteiger partial charge in [-0.05, 0) is 53.1 Å². The van der Waals surface area contributed by atoms with E-state index < -0.39 is 68.0 Å². The van der Waals surface area contributed by atoms with Crippen LogP contribution >= 0.6 is 0 Å². The highest BCUT2D eigenvalue weighted by Crippen LogP contribution is 2.56. The van der Waals surface area contributed by atoms with Crippen LogP contribution in [0, 0.1) is 90.6 Å².